The number of hydrogen-bond acceptors (Lipinski definition) is 4. The van der Waals surface area contributed by atoms with Gasteiger partial charge in [0.25, 0.3) is 5.91 Å². The van der Waals surface area contributed by atoms with Crippen LogP contribution in [0.15, 0.2) is 46.9 Å². The summed E-state index contributed by atoms with van der Waals surface area (Å²) in [5, 5.41) is 2.71. The molecule has 1 N–H and O–H groups in total. The first-order valence-electron chi connectivity index (χ1n) is 7.43. The zero-order valence-electron chi connectivity index (χ0n) is 13.5. The molecule has 0 saturated carbocycles. The maximum atomic E-state index is 12.0. The number of carbonyl (C=O) groups is 2. The van der Waals surface area contributed by atoms with E-state index in [1.54, 1.807) is 24.3 Å². The first-order chi connectivity index (χ1) is 11.5. The van der Waals surface area contributed by atoms with Gasteiger partial charge in [-0.15, -0.1) is 0 Å². The SMILES string of the molecule is CCc1ccc(OCC(=O)Nc2ccc(C(=O)OC)cc2)c(Br)c1. The monoisotopic (exact) mass is 391 g/mol. The van der Waals surface area contributed by atoms with Crippen LogP contribution in [0.4, 0.5) is 5.69 Å². The van der Waals surface area contributed by atoms with E-state index in [0.717, 1.165) is 10.9 Å². The number of aryl methyl sites for hydroxylation is 1. The predicted octanol–water partition coefficient (Wildman–Crippen LogP) is 3.82. The summed E-state index contributed by atoms with van der Waals surface area (Å²) in [4.78, 5) is 23.3. The summed E-state index contributed by atoms with van der Waals surface area (Å²) < 4.78 is 11.0. The van der Waals surface area contributed by atoms with Crippen molar-refractivity contribution < 1.29 is 19.1 Å². The third kappa shape index (κ3) is 4.83. The van der Waals surface area contributed by atoms with E-state index in [-0.39, 0.29) is 12.5 Å². The number of esters is 1. The number of rotatable bonds is 6. The lowest BCUT2D eigenvalue weighted by molar-refractivity contribution is -0.118. The summed E-state index contributed by atoms with van der Waals surface area (Å²) in [5.41, 5.74) is 2.19. The number of anilines is 1. The Labute approximate surface area is 149 Å². The van der Waals surface area contributed by atoms with Crippen molar-refractivity contribution in [2.75, 3.05) is 19.0 Å². The fraction of sp³-hybridized carbons (Fsp3) is 0.222. The number of methoxy groups -OCH3 is 1. The molecule has 0 atom stereocenters. The molecule has 126 valence electrons. The van der Waals surface area contributed by atoms with Crippen molar-refractivity contribution >= 4 is 33.5 Å². The second-order valence-electron chi connectivity index (χ2n) is 5.02. The van der Waals surface area contributed by atoms with Crippen molar-refractivity contribution in [1.82, 2.24) is 0 Å². The highest BCUT2D eigenvalue weighted by molar-refractivity contribution is 9.10. The van der Waals surface area contributed by atoms with Crippen LogP contribution in [0.25, 0.3) is 0 Å². The van der Waals surface area contributed by atoms with Crippen LogP contribution >= 0.6 is 15.9 Å². The zero-order chi connectivity index (χ0) is 17.5. The van der Waals surface area contributed by atoms with E-state index in [0.29, 0.717) is 17.0 Å². The van der Waals surface area contributed by atoms with Crippen molar-refractivity contribution in [3.8, 4) is 5.75 Å². The number of amides is 1. The van der Waals surface area contributed by atoms with Crippen LogP contribution in [0.2, 0.25) is 0 Å². The maximum absolute atomic E-state index is 12.0. The van der Waals surface area contributed by atoms with Gasteiger partial charge in [0, 0.05) is 5.69 Å². The summed E-state index contributed by atoms with van der Waals surface area (Å²) in [6.07, 6.45) is 0.931. The molecule has 0 spiro atoms. The van der Waals surface area contributed by atoms with Crippen LogP contribution in [0.1, 0.15) is 22.8 Å². The van der Waals surface area contributed by atoms with Gasteiger partial charge in [0.2, 0.25) is 0 Å². The van der Waals surface area contributed by atoms with E-state index in [2.05, 4.69) is 32.9 Å². The molecule has 0 aliphatic heterocycles. The normalized spacial score (nSPS) is 10.1. The summed E-state index contributed by atoms with van der Waals surface area (Å²) in [6.45, 7) is 1.96. The van der Waals surface area contributed by atoms with Crippen molar-refractivity contribution in [3.05, 3.63) is 58.1 Å². The van der Waals surface area contributed by atoms with E-state index in [1.165, 1.54) is 12.7 Å². The largest absolute Gasteiger partial charge is 0.483 e. The second-order valence-corrected chi connectivity index (χ2v) is 5.88. The molecule has 0 fully saturated rings. The Balaban J connectivity index is 1.90. The van der Waals surface area contributed by atoms with Gasteiger partial charge < -0.3 is 14.8 Å². The van der Waals surface area contributed by atoms with Crippen LogP contribution in [0, 0.1) is 0 Å². The van der Waals surface area contributed by atoms with Gasteiger partial charge in [-0.2, -0.15) is 0 Å². The van der Waals surface area contributed by atoms with Crippen molar-refractivity contribution in [2.24, 2.45) is 0 Å². The Morgan fingerprint density at radius 2 is 1.83 bits per heavy atom. The average Bonchev–Trinajstić information content (AvgIpc) is 2.60. The van der Waals surface area contributed by atoms with Crippen LogP contribution in [0.3, 0.4) is 0 Å². The number of halogens is 1. The molecular formula is C18H18BrNO4. The Bertz CT molecular complexity index is 728. The van der Waals surface area contributed by atoms with Gasteiger partial charge in [0.15, 0.2) is 6.61 Å². The van der Waals surface area contributed by atoms with Gasteiger partial charge in [-0.3, -0.25) is 4.79 Å². The Hall–Kier alpha value is -2.34. The van der Waals surface area contributed by atoms with Gasteiger partial charge in [-0.25, -0.2) is 4.79 Å². The van der Waals surface area contributed by atoms with Crippen molar-refractivity contribution in [1.29, 1.82) is 0 Å². The molecule has 0 aromatic heterocycles. The summed E-state index contributed by atoms with van der Waals surface area (Å²) in [5.74, 6) is -0.0905. The molecule has 0 unspecified atom stereocenters. The quantitative estimate of drug-likeness (QED) is 0.760. The molecule has 2 aromatic carbocycles. The Kier molecular flexibility index (Phi) is 6.37. The molecule has 0 saturated heterocycles. The molecule has 0 radical (unpaired) electrons. The highest BCUT2D eigenvalue weighted by Crippen LogP contribution is 2.26. The lowest BCUT2D eigenvalue weighted by Crippen LogP contribution is -2.20. The maximum Gasteiger partial charge on any atom is 0.337 e. The first kappa shape index (κ1) is 18.0. The van der Waals surface area contributed by atoms with E-state index < -0.39 is 5.97 Å². The third-order valence-electron chi connectivity index (χ3n) is 3.35. The average molecular weight is 392 g/mol. The molecule has 0 heterocycles. The van der Waals surface area contributed by atoms with E-state index in [4.69, 9.17) is 4.74 Å². The first-order valence-corrected chi connectivity index (χ1v) is 8.22. The molecule has 0 aliphatic rings. The fourth-order valence-electron chi connectivity index (χ4n) is 2.03. The molecular weight excluding hydrogens is 374 g/mol. The van der Waals surface area contributed by atoms with Gasteiger partial charge in [0.1, 0.15) is 5.75 Å². The highest BCUT2D eigenvalue weighted by atomic mass is 79.9. The van der Waals surface area contributed by atoms with Gasteiger partial charge >= 0.3 is 5.97 Å². The second kappa shape index (κ2) is 8.49. The number of benzene rings is 2. The number of ether oxygens (including phenoxy) is 2. The van der Waals surface area contributed by atoms with Gasteiger partial charge in [-0.05, 0) is 64.3 Å². The molecule has 1 amide bonds. The number of hydrogen-bond donors (Lipinski definition) is 1. The topological polar surface area (TPSA) is 64.6 Å². The minimum absolute atomic E-state index is 0.108. The third-order valence-corrected chi connectivity index (χ3v) is 3.97. The molecule has 0 aliphatic carbocycles. The molecule has 24 heavy (non-hydrogen) atoms. The van der Waals surface area contributed by atoms with Crippen LogP contribution in [0.5, 0.6) is 5.75 Å². The summed E-state index contributed by atoms with van der Waals surface area (Å²) in [7, 11) is 1.32. The summed E-state index contributed by atoms with van der Waals surface area (Å²) >= 11 is 3.43. The molecule has 6 heteroatoms. The van der Waals surface area contributed by atoms with E-state index in [1.807, 2.05) is 18.2 Å². The van der Waals surface area contributed by atoms with E-state index >= 15 is 0 Å². The van der Waals surface area contributed by atoms with Crippen LogP contribution in [-0.2, 0) is 16.0 Å². The molecule has 2 rings (SSSR count). The fourth-order valence-corrected chi connectivity index (χ4v) is 2.57. The lowest BCUT2D eigenvalue weighted by Gasteiger charge is -2.10. The standard InChI is InChI=1S/C18H18BrNO4/c1-3-12-4-9-16(15(19)10-12)24-11-17(21)20-14-7-5-13(6-8-14)18(22)23-2/h4-10H,3,11H2,1-2H3,(H,20,21). The minimum atomic E-state index is -0.420. The molecule has 0 bridgehead atoms. The number of nitrogens with one attached hydrogen (secondary N) is 1. The lowest BCUT2D eigenvalue weighted by atomic mass is 10.2. The van der Waals surface area contributed by atoms with Crippen LogP contribution < -0.4 is 10.1 Å². The highest BCUT2D eigenvalue weighted by Gasteiger charge is 2.08. The Morgan fingerprint density at radius 1 is 1.12 bits per heavy atom. The minimum Gasteiger partial charge on any atom is -0.483 e. The molecule has 2 aromatic rings. The Morgan fingerprint density at radius 3 is 2.42 bits per heavy atom. The zero-order valence-corrected chi connectivity index (χ0v) is 15.1. The van der Waals surface area contributed by atoms with Gasteiger partial charge in [-0.1, -0.05) is 13.0 Å². The van der Waals surface area contributed by atoms with E-state index in [9.17, 15) is 9.59 Å². The van der Waals surface area contributed by atoms with Crippen molar-refractivity contribution in [3.63, 3.8) is 0 Å². The molecule has 5 nitrogen and oxygen atoms in total. The predicted molar refractivity (Wildman–Crippen MR) is 95.4 cm³/mol. The van der Waals surface area contributed by atoms with Crippen molar-refractivity contribution in [2.45, 2.75) is 13.3 Å². The van der Waals surface area contributed by atoms with Gasteiger partial charge in [0.05, 0.1) is 17.1 Å². The van der Waals surface area contributed by atoms with Crippen LogP contribution in [-0.4, -0.2) is 25.6 Å². The number of carbonyl (C=O) groups excluding carboxylic acids is 2. The summed E-state index contributed by atoms with van der Waals surface area (Å²) in [6, 6.07) is 12.2. The smallest absolute Gasteiger partial charge is 0.337 e.